The van der Waals surface area contributed by atoms with Gasteiger partial charge in [0.15, 0.2) is 0 Å². The molecule has 2 saturated heterocycles. The number of fused-ring (bicyclic) bond motifs is 1. The third-order valence-corrected chi connectivity index (χ3v) is 7.69. The van der Waals surface area contributed by atoms with E-state index in [1.807, 2.05) is 24.3 Å². The van der Waals surface area contributed by atoms with Gasteiger partial charge in [0.2, 0.25) is 0 Å². The summed E-state index contributed by atoms with van der Waals surface area (Å²) >= 11 is 0. The number of aromatic nitrogens is 1. The minimum Gasteiger partial charge on any atom is -0.497 e. The number of para-hydroxylation sites is 1. The maximum absolute atomic E-state index is 12.7. The molecule has 1 aromatic heterocycles. The number of piperidine rings is 1. The van der Waals surface area contributed by atoms with Crippen LogP contribution in [0.3, 0.4) is 0 Å². The highest BCUT2D eigenvalue weighted by atomic mass is 16.6. The summed E-state index contributed by atoms with van der Waals surface area (Å²) in [5.41, 5.74) is 3.77. The van der Waals surface area contributed by atoms with Crippen molar-refractivity contribution in [1.82, 2.24) is 9.47 Å². The van der Waals surface area contributed by atoms with Crippen molar-refractivity contribution in [2.75, 3.05) is 31.6 Å². The number of carbonyl (C=O) groups excluding carboxylic acids is 1. The van der Waals surface area contributed by atoms with E-state index in [9.17, 15) is 9.59 Å². The number of likely N-dealkylation sites (tertiary alicyclic amines) is 1. The van der Waals surface area contributed by atoms with Gasteiger partial charge in [0.25, 0.3) is 0 Å². The number of carboxylic acids is 1. The standard InChI is InChI=1S/C30H29N3O5/c1-37-25-11-12-26-22(19-32(27(26)17-25)23-5-3-2-4-6-23)18-31-15-13-30(14-16-31)20-33(29(36)38-30)24-9-7-21(8-10-24)28(34)35/h2-12,17,19H,13-16,18,20H2,1H3,(H,34,35). The normalized spacial score (nSPS) is 17.2. The molecule has 38 heavy (non-hydrogen) atoms. The first-order valence-electron chi connectivity index (χ1n) is 12.7. The van der Waals surface area contributed by atoms with E-state index < -0.39 is 11.6 Å². The number of benzene rings is 3. The highest BCUT2D eigenvalue weighted by Crippen LogP contribution is 2.37. The SMILES string of the molecule is COc1ccc2c(CN3CCC4(CC3)CN(c3ccc(C(=O)O)cc3)C(=O)O4)cn(-c3ccccc3)c2c1. The Labute approximate surface area is 220 Å². The molecule has 2 fully saturated rings. The summed E-state index contributed by atoms with van der Waals surface area (Å²) in [4.78, 5) is 27.9. The van der Waals surface area contributed by atoms with Gasteiger partial charge in [-0.1, -0.05) is 18.2 Å². The average molecular weight is 512 g/mol. The number of nitrogens with zero attached hydrogens (tertiary/aromatic N) is 3. The van der Waals surface area contributed by atoms with Crippen molar-refractivity contribution >= 4 is 28.7 Å². The first kappa shape index (κ1) is 24.1. The number of carboxylic acid groups (broad SMARTS) is 1. The maximum Gasteiger partial charge on any atom is 0.415 e. The Kier molecular flexibility index (Phi) is 6.04. The summed E-state index contributed by atoms with van der Waals surface area (Å²) in [5.74, 6) is -0.167. The highest BCUT2D eigenvalue weighted by molar-refractivity contribution is 5.92. The summed E-state index contributed by atoms with van der Waals surface area (Å²) < 4.78 is 13.6. The van der Waals surface area contributed by atoms with Crippen molar-refractivity contribution in [3.8, 4) is 11.4 Å². The van der Waals surface area contributed by atoms with Crippen LogP contribution in [0, 0.1) is 0 Å². The fraction of sp³-hybridized carbons (Fsp3) is 0.267. The van der Waals surface area contributed by atoms with Crippen LogP contribution in [0.2, 0.25) is 0 Å². The van der Waals surface area contributed by atoms with E-state index in [0.717, 1.165) is 49.4 Å². The van der Waals surface area contributed by atoms with E-state index in [-0.39, 0.29) is 11.7 Å². The van der Waals surface area contributed by atoms with Gasteiger partial charge in [-0.15, -0.1) is 0 Å². The Bertz CT molecular complexity index is 1490. The molecule has 0 radical (unpaired) electrons. The fourth-order valence-corrected chi connectivity index (χ4v) is 5.56. The smallest absolute Gasteiger partial charge is 0.415 e. The Morgan fingerprint density at radius 3 is 2.42 bits per heavy atom. The number of aromatic carboxylic acids is 1. The number of amides is 1. The van der Waals surface area contributed by atoms with Gasteiger partial charge >= 0.3 is 12.1 Å². The van der Waals surface area contributed by atoms with Crippen LogP contribution in [-0.4, -0.2) is 59.0 Å². The van der Waals surface area contributed by atoms with Gasteiger partial charge in [0.1, 0.15) is 11.4 Å². The van der Waals surface area contributed by atoms with Crippen LogP contribution < -0.4 is 9.64 Å². The van der Waals surface area contributed by atoms with E-state index in [4.69, 9.17) is 14.6 Å². The molecule has 1 spiro atoms. The highest BCUT2D eigenvalue weighted by Gasteiger charge is 2.47. The number of carbonyl (C=O) groups is 2. The summed E-state index contributed by atoms with van der Waals surface area (Å²) in [5, 5.41) is 10.3. The van der Waals surface area contributed by atoms with Gasteiger partial charge in [0, 0.05) is 61.5 Å². The fourth-order valence-electron chi connectivity index (χ4n) is 5.56. The van der Waals surface area contributed by atoms with Gasteiger partial charge in [-0.25, -0.2) is 9.59 Å². The number of methoxy groups -OCH3 is 1. The minimum absolute atomic E-state index is 0.191. The van der Waals surface area contributed by atoms with Crippen molar-refractivity contribution in [1.29, 1.82) is 0 Å². The third-order valence-electron chi connectivity index (χ3n) is 7.69. The van der Waals surface area contributed by atoms with E-state index in [1.165, 1.54) is 23.1 Å². The van der Waals surface area contributed by atoms with Gasteiger partial charge in [-0.3, -0.25) is 9.80 Å². The van der Waals surface area contributed by atoms with Gasteiger partial charge in [-0.05, 0) is 54.1 Å². The molecule has 6 rings (SSSR count). The molecule has 3 aromatic carbocycles. The largest absolute Gasteiger partial charge is 0.497 e. The first-order valence-corrected chi connectivity index (χ1v) is 12.7. The topological polar surface area (TPSA) is 84.2 Å². The summed E-state index contributed by atoms with van der Waals surface area (Å²) in [6, 6.07) is 22.9. The number of ether oxygens (including phenoxy) is 2. The number of rotatable bonds is 6. The van der Waals surface area contributed by atoms with Gasteiger partial charge < -0.3 is 19.1 Å². The van der Waals surface area contributed by atoms with E-state index in [0.29, 0.717) is 12.2 Å². The van der Waals surface area contributed by atoms with Crippen molar-refractivity contribution < 1.29 is 24.2 Å². The zero-order valence-electron chi connectivity index (χ0n) is 21.2. The lowest BCUT2D eigenvalue weighted by Gasteiger charge is -2.37. The molecule has 4 aromatic rings. The van der Waals surface area contributed by atoms with Crippen molar-refractivity contribution in [3.63, 3.8) is 0 Å². The van der Waals surface area contributed by atoms with Crippen molar-refractivity contribution in [2.45, 2.75) is 25.0 Å². The van der Waals surface area contributed by atoms with Crippen molar-refractivity contribution in [3.05, 3.63) is 90.1 Å². The van der Waals surface area contributed by atoms with E-state index >= 15 is 0 Å². The molecule has 0 atom stereocenters. The molecule has 1 N–H and O–H groups in total. The molecular weight excluding hydrogens is 482 g/mol. The third kappa shape index (κ3) is 4.37. The van der Waals surface area contributed by atoms with Crippen LogP contribution in [0.15, 0.2) is 79.0 Å². The second-order valence-corrected chi connectivity index (χ2v) is 10.0. The van der Waals surface area contributed by atoms with Crippen LogP contribution in [0.5, 0.6) is 5.75 Å². The maximum atomic E-state index is 12.7. The predicted octanol–water partition coefficient (Wildman–Crippen LogP) is 5.33. The van der Waals surface area contributed by atoms with Crippen LogP contribution >= 0.6 is 0 Å². The quantitative estimate of drug-likeness (QED) is 0.377. The molecule has 0 aliphatic carbocycles. The average Bonchev–Trinajstić information content (AvgIpc) is 3.47. The Hall–Kier alpha value is -4.30. The van der Waals surface area contributed by atoms with Gasteiger partial charge in [-0.2, -0.15) is 0 Å². The molecule has 2 aliphatic rings. The lowest BCUT2D eigenvalue weighted by molar-refractivity contribution is -0.000892. The molecule has 0 bridgehead atoms. The number of anilines is 1. The lowest BCUT2D eigenvalue weighted by atomic mass is 9.91. The van der Waals surface area contributed by atoms with Crippen LogP contribution in [0.1, 0.15) is 28.8 Å². The molecule has 2 aliphatic heterocycles. The van der Waals surface area contributed by atoms with Crippen LogP contribution in [0.4, 0.5) is 10.5 Å². The van der Waals surface area contributed by atoms with E-state index in [2.05, 4.69) is 39.9 Å². The first-order chi connectivity index (χ1) is 18.4. The van der Waals surface area contributed by atoms with Crippen LogP contribution in [-0.2, 0) is 11.3 Å². The zero-order valence-corrected chi connectivity index (χ0v) is 21.2. The lowest BCUT2D eigenvalue weighted by Crippen LogP contribution is -2.46. The second-order valence-electron chi connectivity index (χ2n) is 10.0. The summed E-state index contributed by atoms with van der Waals surface area (Å²) in [6.07, 6.45) is 3.32. The molecule has 3 heterocycles. The van der Waals surface area contributed by atoms with E-state index in [1.54, 1.807) is 24.1 Å². The molecule has 194 valence electrons. The van der Waals surface area contributed by atoms with Gasteiger partial charge in [0.05, 0.1) is 24.7 Å². The molecular formula is C30H29N3O5. The van der Waals surface area contributed by atoms with Crippen molar-refractivity contribution in [2.24, 2.45) is 0 Å². The molecule has 8 nitrogen and oxygen atoms in total. The molecule has 0 saturated carbocycles. The Morgan fingerprint density at radius 2 is 1.74 bits per heavy atom. The van der Waals surface area contributed by atoms with Crippen LogP contribution in [0.25, 0.3) is 16.6 Å². The number of hydrogen-bond donors (Lipinski definition) is 1. The summed E-state index contributed by atoms with van der Waals surface area (Å²) in [7, 11) is 1.68. The second kappa shape index (κ2) is 9.54. The molecule has 0 unspecified atom stereocenters. The minimum atomic E-state index is -0.990. The summed E-state index contributed by atoms with van der Waals surface area (Å²) in [6.45, 7) is 2.90. The Balaban J connectivity index is 1.18. The monoisotopic (exact) mass is 511 g/mol. The predicted molar refractivity (Wildman–Crippen MR) is 144 cm³/mol. The molecule has 8 heteroatoms. The Morgan fingerprint density at radius 1 is 1.00 bits per heavy atom. The zero-order chi connectivity index (χ0) is 26.3. The number of hydrogen-bond acceptors (Lipinski definition) is 5. The molecule has 1 amide bonds.